The van der Waals surface area contributed by atoms with E-state index in [-0.39, 0.29) is 29.5 Å². The summed E-state index contributed by atoms with van der Waals surface area (Å²) in [5, 5.41) is 12.8. The zero-order chi connectivity index (χ0) is 18.9. The van der Waals surface area contributed by atoms with Crippen molar-refractivity contribution < 1.29 is 14.6 Å². The van der Waals surface area contributed by atoms with Crippen LogP contribution < -0.4 is 10.1 Å². The van der Waals surface area contributed by atoms with E-state index in [0.717, 1.165) is 5.56 Å². The number of aromatic nitrogens is 2. The highest BCUT2D eigenvalue weighted by Gasteiger charge is 2.36. The Morgan fingerprint density at radius 3 is 2.69 bits per heavy atom. The van der Waals surface area contributed by atoms with Crippen molar-refractivity contribution in [3.63, 3.8) is 0 Å². The first-order valence-electron chi connectivity index (χ1n) is 8.94. The highest BCUT2D eigenvalue weighted by molar-refractivity contribution is 5.94. The Kier molecular flexibility index (Phi) is 5.05. The van der Waals surface area contributed by atoms with Gasteiger partial charge in [0, 0.05) is 24.1 Å². The van der Waals surface area contributed by atoms with E-state index >= 15 is 0 Å². The molecule has 1 fully saturated rings. The summed E-state index contributed by atoms with van der Waals surface area (Å²) in [5.74, 6) is 0.718. The maximum Gasteiger partial charge on any atom is 0.253 e. The molecule has 0 aromatic carbocycles. The van der Waals surface area contributed by atoms with Gasteiger partial charge in [-0.1, -0.05) is 0 Å². The van der Waals surface area contributed by atoms with Gasteiger partial charge < -0.3 is 19.7 Å². The van der Waals surface area contributed by atoms with Gasteiger partial charge in [-0.15, -0.1) is 0 Å². The van der Waals surface area contributed by atoms with Crippen LogP contribution in [0.4, 0.5) is 0 Å². The number of amides is 1. The van der Waals surface area contributed by atoms with Gasteiger partial charge in [0.25, 0.3) is 5.91 Å². The molecule has 2 aromatic rings. The topological polar surface area (TPSA) is 76.4 Å². The molecule has 0 aliphatic heterocycles. The lowest BCUT2D eigenvalue weighted by Gasteiger charge is -2.38. The average Bonchev–Trinajstić information content (AvgIpc) is 3.07. The molecule has 2 aromatic heterocycles. The fourth-order valence-corrected chi connectivity index (χ4v) is 3.27. The van der Waals surface area contributed by atoms with E-state index in [1.807, 2.05) is 29.1 Å². The molecule has 0 unspecified atom stereocenters. The minimum Gasteiger partial charge on any atom is -0.495 e. The highest BCUT2D eigenvalue weighted by atomic mass is 16.5. The number of carbonyl (C=O) groups is 1. The van der Waals surface area contributed by atoms with Crippen LogP contribution in [0.3, 0.4) is 0 Å². The zero-order valence-electron chi connectivity index (χ0n) is 15.8. The van der Waals surface area contributed by atoms with E-state index < -0.39 is 0 Å². The normalized spacial score (nSPS) is 21.0. The van der Waals surface area contributed by atoms with Gasteiger partial charge in [0.1, 0.15) is 5.75 Å². The summed E-state index contributed by atoms with van der Waals surface area (Å²) in [6.45, 7) is 6.28. The predicted molar refractivity (Wildman–Crippen MR) is 99.2 cm³/mol. The minimum atomic E-state index is -0.292. The fourth-order valence-electron chi connectivity index (χ4n) is 3.27. The molecule has 1 atom stereocenters. The number of pyridine rings is 1. The van der Waals surface area contributed by atoms with Gasteiger partial charge in [-0.25, -0.2) is 0 Å². The number of hydrogen-bond acceptors (Lipinski definition) is 4. The molecule has 2 N–H and O–H groups in total. The number of ether oxygens (including phenoxy) is 1. The predicted octanol–water partition coefficient (Wildman–Crippen LogP) is 2.89. The van der Waals surface area contributed by atoms with Crippen molar-refractivity contribution in [3.05, 3.63) is 48.0 Å². The standard InChI is InChI=1S/C20H27N3O3/c1-20(2,3)23-6-5-13(12-23)19(25)22-18(14-7-16(24)8-14)15-9-17(26-4)11-21-10-15/h5-6,9-12,14,16,18,24H,7-8H2,1-4H3,(H,22,25)/t14?,16?,18-/m0/s1. The number of aliphatic hydroxyl groups excluding tert-OH is 1. The molecular weight excluding hydrogens is 330 g/mol. The van der Waals surface area contributed by atoms with Crippen molar-refractivity contribution >= 4 is 5.91 Å². The van der Waals surface area contributed by atoms with Crippen LogP contribution in [0.2, 0.25) is 0 Å². The first kappa shape index (κ1) is 18.5. The van der Waals surface area contributed by atoms with Crippen LogP contribution >= 0.6 is 0 Å². The second kappa shape index (κ2) is 7.11. The molecule has 6 nitrogen and oxygen atoms in total. The van der Waals surface area contributed by atoms with Crippen LogP contribution in [0.15, 0.2) is 36.9 Å². The Morgan fingerprint density at radius 1 is 1.38 bits per heavy atom. The van der Waals surface area contributed by atoms with Gasteiger partial charge in [0.05, 0.1) is 31.0 Å². The molecule has 0 bridgehead atoms. The summed E-state index contributed by atoms with van der Waals surface area (Å²) < 4.78 is 7.28. The average molecular weight is 357 g/mol. The summed E-state index contributed by atoms with van der Waals surface area (Å²) >= 11 is 0. The van der Waals surface area contributed by atoms with E-state index in [9.17, 15) is 9.90 Å². The lowest BCUT2D eigenvalue weighted by molar-refractivity contribution is 0.0234. The van der Waals surface area contributed by atoms with Crippen molar-refractivity contribution in [3.8, 4) is 5.75 Å². The minimum absolute atomic E-state index is 0.0767. The van der Waals surface area contributed by atoms with Crippen molar-refractivity contribution in [1.29, 1.82) is 0 Å². The third kappa shape index (κ3) is 3.90. The number of aliphatic hydroxyl groups is 1. The van der Waals surface area contributed by atoms with Gasteiger partial charge in [-0.3, -0.25) is 9.78 Å². The molecule has 0 radical (unpaired) electrons. The molecule has 3 rings (SSSR count). The first-order chi connectivity index (χ1) is 12.3. The summed E-state index contributed by atoms with van der Waals surface area (Å²) in [6, 6.07) is 3.52. The van der Waals surface area contributed by atoms with Crippen molar-refractivity contribution in [2.45, 2.75) is 51.3 Å². The van der Waals surface area contributed by atoms with E-state index in [0.29, 0.717) is 24.2 Å². The molecule has 0 spiro atoms. The fraction of sp³-hybridized carbons (Fsp3) is 0.500. The lowest BCUT2D eigenvalue weighted by atomic mass is 9.75. The third-order valence-corrected chi connectivity index (χ3v) is 4.97. The molecular formula is C20H27N3O3. The number of hydrogen-bond donors (Lipinski definition) is 2. The molecule has 2 heterocycles. The molecule has 1 aliphatic carbocycles. The van der Waals surface area contributed by atoms with Crippen molar-refractivity contribution in [2.75, 3.05) is 7.11 Å². The molecule has 1 saturated carbocycles. The van der Waals surface area contributed by atoms with Gasteiger partial charge in [0.15, 0.2) is 0 Å². The number of carbonyl (C=O) groups excluding carboxylic acids is 1. The summed E-state index contributed by atoms with van der Waals surface area (Å²) in [4.78, 5) is 17.0. The molecule has 1 aliphatic rings. The van der Waals surface area contributed by atoms with Crippen molar-refractivity contribution in [1.82, 2.24) is 14.9 Å². The number of nitrogens with one attached hydrogen (secondary N) is 1. The Hall–Kier alpha value is -2.34. The second-order valence-electron chi connectivity index (χ2n) is 7.97. The van der Waals surface area contributed by atoms with E-state index in [4.69, 9.17) is 4.74 Å². The SMILES string of the molecule is COc1cncc([C@@H](NC(=O)c2ccn(C(C)(C)C)c2)C2CC(O)C2)c1. The summed E-state index contributed by atoms with van der Waals surface area (Å²) in [5.41, 5.74) is 1.44. The Morgan fingerprint density at radius 2 is 2.12 bits per heavy atom. The van der Waals surface area contributed by atoms with E-state index in [1.165, 1.54) is 0 Å². The lowest BCUT2D eigenvalue weighted by Crippen LogP contribution is -2.41. The van der Waals surface area contributed by atoms with E-state index in [2.05, 4.69) is 31.1 Å². The maximum absolute atomic E-state index is 12.8. The molecule has 0 saturated heterocycles. The number of nitrogens with zero attached hydrogens (tertiary/aromatic N) is 2. The molecule has 140 valence electrons. The largest absolute Gasteiger partial charge is 0.495 e. The Labute approximate surface area is 154 Å². The molecule has 1 amide bonds. The van der Waals surface area contributed by atoms with Gasteiger partial charge in [-0.05, 0) is 57.2 Å². The van der Waals surface area contributed by atoms with Crippen LogP contribution in [-0.2, 0) is 5.54 Å². The maximum atomic E-state index is 12.8. The molecule has 26 heavy (non-hydrogen) atoms. The highest BCUT2D eigenvalue weighted by Crippen LogP contribution is 2.38. The Balaban J connectivity index is 1.81. The van der Waals surface area contributed by atoms with Crippen LogP contribution in [0.1, 0.15) is 55.6 Å². The van der Waals surface area contributed by atoms with Crippen LogP contribution in [0, 0.1) is 5.92 Å². The zero-order valence-corrected chi connectivity index (χ0v) is 15.8. The van der Waals surface area contributed by atoms with Gasteiger partial charge in [-0.2, -0.15) is 0 Å². The summed E-state index contributed by atoms with van der Waals surface area (Å²) in [7, 11) is 1.59. The quantitative estimate of drug-likeness (QED) is 0.863. The third-order valence-electron chi connectivity index (χ3n) is 4.97. The van der Waals surface area contributed by atoms with Crippen LogP contribution in [-0.4, -0.2) is 33.8 Å². The smallest absolute Gasteiger partial charge is 0.253 e. The van der Waals surface area contributed by atoms with Gasteiger partial charge >= 0.3 is 0 Å². The van der Waals surface area contributed by atoms with Crippen molar-refractivity contribution in [2.24, 2.45) is 5.92 Å². The monoisotopic (exact) mass is 357 g/mol. The van der Waals surface area contributed by atoms with E-state index in [1.54, 1.807) is 19.5 Å². The first-order valence-corrected chi connectivity index (χ1v) is 8.94. The number of rotatable bonds is 5. The second-order valence-corrected chi connectivity index (χ2v) is 7.97. The molecule has 6 heteroatoms. The number of methoxy groups -OCH3 is 1. The Bertz CT molecular complexity index is 773. The van der Waals surface area contributed by atoms with Crippen LogP contribution in [0.5, 0.6) is 5.75 Å². The van der Waals surface area contributed by atoms with Gasteiger partial charge in [0.2, 0.25) is 0 Å². The van der Waals surface area contributed by atoms with Crippen LogP contribution in [0.25, 0.3) is 0 Å². The summed E-state index contributed by atoms with van der Waals surface area (Å²) in [6.07, 6.45) is 8.23.